The van der Waals surface area contributed by atoms with Crippen molar-refractivity contribution in [3.05, 3.63) is 150 Å². The molecule has 2 aromatic heterocycles. The molecule has 0 bridgehead atoms. The van der Waals surface area contributed by atoms with Gasteiger partial charge in [0.2, 0.25) is 11.8 Å². The molecule has 0 aliphatic carbocycles. The second-order valence-electron chi connectivity index (χ2n) is 9.10. The number of nitriles is 1. The summed E-state index contributed by atoms with van der Waals surface area (Å²) in [6.07, 6.45) is 0. The normalized spacial score (nSPS) is 10.1. The number of rotatable bonds is 6. The molecule has 0 saturated heterocycles. The van der Waals surface area contributed by atoms with Crippen LogP contribution in [0.25, 0.3) is 49.6 Å². The van der Waals surface area contributed by atoms with Crippen molar-refractivity contribution in [3.8, 4) is 62.6 Å². The predicted molar refractivity (Wildman–Crippen MR) is 159 cm³/mol. The summed E-state index contributed by atoms with van der Waals surface area (Å²) in [5.41, 5.74) is 7.46. The summed E-state index contributed by atoms with van der Waals surface area (Å²) in [4.78, 5) is 13.3. The summed E-state index contributed by atoms with van der Waals surface area (Å²) in [7, 11) is 0. The van der Waals surface area contributed by atoms with E-state index in [9.17, 15) is 5.26 Å². The first-order valence-corrected chi connectivity index (χ1v) is 12.8. The number of aromatic nitrogens is 2. The van der Waals surface area contributed by atoms with Crippen molar-refractivity contribution < 1.29 is 25.8 Å². The van der Waals surface area contributed by atoms with Crippen LogP contribution in [0.1, 0.15) is 5.56 Å². The maximum Gasteiger partial charge on any atom is 2.00 e. The van der Waals surface area contributed by atoms with Gasteiger partial charge in [0, 0.05) is 0 Å². The van der Waals surface area contributed by atoms with E-state index in [0.29, 0.717) is 45.5 Å². The molecule has 0 aliphatic rings. The van der Waals surface area contributed by atoms with E-state index in [2.05, 4.69) is 23.0 Å². The average Bonchev–Trinajstić information content (AvgIpc) is 3.05. The van der Waals surface area contributed by atoms with Crippen molar-refractivity contribution >= 4 is 5.69 Å². The molecule has 0 radical (unpaired) electrons. The van der Waals surface area contributed by atoms with E-state index < -0.39 is 0 Å². The fraction of sp³-hybridized carbons (Fsp3) is 0. The number of pyridine rings is 2. The van der Waals surface area contributed by atoms with Crippen LogP contribution in [0.15, 0.2) is 121 Å². The van der Waals surface area contributed by atoms with E-state index in [-0.39, 0.29) is 21.1 Å². The Balaban J connectivity index is 0.00000353. The monoisotopic (exact) mass is 719 g/mol. The third kappa shape index (κ3) is 6.03. The Morgan fingerprint density at radius 1 is 0.667 bits per heavy atom. The molecule has 0 fully saturated rings. The summed E-state index contributed by atoms with van der Waals surface area (Å²) in [5.74, 6) is 0.696. The molecule has 5 nitrogen and oxygen atoms in total. The van der Waals surface area contributed by atoms with Crippen LogP contribution < -0.4 is 4.74 Å². The number of benzene rings is 4. The molecule has 0 spiro atoms. The Morgan fingerprint density at radius 2 is 1.19 bits per heavy atom. The van der Waals surface area contributed by atoms with Crippen LogP contribution in [-0.4, -0.2) is 9.97 Å². The summed E-state index contributed by atoms with van der Waals surface area (Å²) in [5, 5.41) is 9.47. The van der Waals surface area contributed by atoms with Gasteiger partial charge in [-0.1, -0.05) is 72.8 Å². The average molecular weight is 720 g/mol. The third-order valence-corrected chi connectivity index (χ3v) is 6.47. The first kappa shape index (κ1) is 28.2. The molecule has 4 aromatic carbocycles. The van der Waals surface area contributed by atoms with Crippen LogP contribution in [0.5, 0.6) is 11.8 Å². The van der Waals surface area contributed by atoms with Gasteiger partial charge in [-0.3, -0.25) is 14.8 Å². The van der Waals surface area contributed by atoms with Gasteiger partial charge in [0.25, 0.3) is 0 Å². The molecule has 0 N–H and O–H groups in total. The summed E-state index contributed by atoms with van der Waals surface area (Å²) in [6.45, 7) is 7.44. The van der Waals surface area contributed by atoms with E-state index in [1.54, 1.807) is 48.5 Å². The summed E-state index contributed by atoms with van der Waals surface area (Å²) >= 11 is 0. The van der Waals surface area contributed by atoms with Gasteiger partial charge >= 0.3 is 21.1 Å². The Kier molecular flexibility index (Phi) is 8.64. The van der Waals surface area contributed by atoms with E-state index in [1.165, 1.54) is 0 Å². The number of hydrogen-bond acceptors (Lipinski definition) is 4. The van der Waals surface area contributed by atoms with Crippen molar-refractivity contribution in [2.45, 2.75) is 0 Å². The van der Waals surface area contributed by atoms with Crippen LogP contribution >= 0.6 is 0 Å². The zero-order valence-electron chi connectivity index (χ0n) is 22.1. The van der Waals surface area contributed by atoms with Crippen molar-refractivity contribution in [2.75, 3.05) is 0 Å². The fourth-order valence-electron chi connectivity index (χ4n) is 4.55. The fourth-order valence-corrected chi connectivity index (χ4v) is 4.55. The number of nitrogens with zero attached hydrogens (tertiary/aromatic N) is 4. The largest absolute Gasteiger partial charge is 2.00 e. The van der Waals surface area contributed by atoms with Gasteiger partial charge in [0.15, 0.2) is 0 Å². The summed E-state index contributed by atoms with van der Waals surface area (Å²) in [6, 6.07) is 46.4. The Labute approximate surface area is 258 Å². The molecule has 200 valence electrons. The summed E-state index contributed by atoms with van der Waals surface area (Å²) < 4.78 is 6.22. The SMILES string of the molecule is [C-]#[N+]c1cc[c-]c(-c2nc(Oc3ccc(-c4ccccc4)c(-c4[c-]ccc(C#N)c4)n3)ccc2-c2ccccc2)c1.[Pt+2]. The number of hydrogen-bond donors (Lipinski definition) is 0. The topological polar surface area (TPSA) is 63.2 Å². The molecule has 6 rings (SSSR count). The second-order valence-corrected chi connectivity index (χ2v) is 9.10. The van der Waals surface area contributed by atoms with Crippen molar-refractivity contribution in [1.29, 1.82) is 5.26 Å². The molecule has 42 heavy (non-hydrogen) atoms. The van der Waals surface area contributed by atoms with Gasteiger partial charge in [-0.15, -0.1) is 53.6 Å². The van der Waals surface area contributed by atoms with E-state index >= 15 is 0 Å². The van der Waals surface area contributed by atoms with Gasteiger partial charge in [0.1, 0.15) is 5.69 Å². The second kappa shape index (κ2) is 12.9. The van der Waals surface area contributed by atoms with E-state index in [0.717, 1.165) is 22.3 Å². The van der Waals surface area contributed by atoms with Crippen LogP contribution in [0.4, 0.5) is 5.69 Å². The van der Waals surface area contributed by atoms with Gasteiger partial charge in [-0.25, -0.2) is 0 Å². The van der Waals surface area contributed by atoms with E-state index in [4.69, 9.17) is 21.3 Å². The first-order chi connectivity index (χ1) is 20.2. The Bertz CT molecular complexity index is 1800. The first-order valence-electron chi connectivity index (χ1n) is 12.8. The van der Waals surface area contributed by atoms with Crippen molar-refractivity contribution in [3.63, 3.8) is 0 Å². The van der Waals surface area contributed by atoms with Gasteiger partial charge in [-0.05, 0) is 51.3 Å². The zero-order chi connectivity index (χ0) is 28.0. The molecule has 0 saturated carbocycles. The molecule has 6 aromatic rings. The molecule has 6 heteroatoms. The smallest absolute Gasteiger partial charge is 0.422 e. The van der Waals surface area contributed by atoms with Gasteiger partial charge in [0.05, 0.1) is 12.6 Å². The molecule has 0 aliphatic heterocycles. The molecule has 0 atom stereocenters. The Hall–Kier alpha value is -5.35. The maximum absolute atomic E-state index is 9.47. The standard InChI is InChI=1S/C36H20N4O.Pt/c1-38-30-17-9-16-29(23-30)36-32(27-13-6-3-7-14-27)19-21-34(40-36)41-33-20-18-31(26-11-4-2-5-12-26)35(39-33)28-15-8-10-25(22-28)24-37;/h2-14,17-23H;/q-2;+2. The minimum Gasteiger partial charge on any atom is -0.422 e. The quantitative estimate of drug-likeness (QED) is 0.161. The van der Waals surface area contributed by atoms with Crippen LogP contribution in [0, 0.1) is 30.0 Å². The van der Waals surface area contributed by atoms with Gasteiger partial charge < -0.3 is 4.74 Å². The minimum atomic E-state index is 0. The van der Waals surface area contributed by atoms with Crippen LogP contribution in [-0.2, 0) is 21.1 Å². The maximum atomic E-state index is 9.47. The molecule has 0 amide bonds. The Morgan fingerprint density at radius 3 is 1.71 bits per heavy atom. The molecular formula is C36H20N4OPt. The minimum absolute atomic E-state index is 0. The number of ether oxygens (including phenoxy) is 1. The van der Waals surface area contributed by atoms with E-state index in [1.807, 2.05) is 72.8 Å². The van der Waals surface area contributed by atoms with Crippen molar-refractivity contribution in [1.82, 2.24) is 9.97 Å². The molecular weight excluding hydrogens is 700 g/mol. The van der Waals surface area contributed by atoms with Gasteiger partial charge in [-0.2, -0.15) is 11.3 Å². The zero-order valence-corrected chi connectivity index (χ0v) is 24.3. The van der Waals surface area contributed by atoms with Crippen LogP contribution in [0.2, 0.25) is 0 Å². The molecule has 0 unspecified atom stereocenters. The molecule has 2 heterocycles. The van der Waals surface area contributed by atoms with Crippen LogP contribution in [0.3, 0.4) is 0 Å². The third-order valence-electron chi connectivity index (χ3n) is 6.47. The van der Waals surface area contributed by atoms with Crippen molar-refractivity contribution in [2.24, 2.45) is 0 Å². The predicted octanol–water partition coefficient (Wildman–Crippen LogP) is 8.96.